The molecule has 0 aliphatic rings. The molecule has 0 unspecified atom stereocenters. The molecule has 0 aliphatic carbocycles. The van der Waals surface area contributed by atoms with Gasteiger partial charge < -0.3 is 4.74 Å². The van der Waals surface area contributed by atoms with Crippen molar-refractivity contribution in [3.05, 3.63) is 76.6 Å². The van der Waals surface area contributed by atoms with Gasteiger partial charge in [0.15, 0.2) is 5.16 Å². The molecule has 6 nitrogen and oxygen atoms in total. The number of aryl methyl sites for hydroxylation is 2. The summed E-state index contributed by atoms with van der Waals surface area (Å²) in [5, 5.41) is 9.98. The Bertz CT molecular complexity index is 1260. The highest BCUT2D eigenvalue weighted by Gasteiger charge is 2.16. The molecule has 7 heteroatoms. The van der Waals surface area contributed by atoms with Crippen LogP contribution in [0.15, 0.2) is 65.1 Å². The number of thioether (sulfide) groups is 1. The average Bonchev–Trinajstić information content (AvgIpc) is 3.15. The second-order valence-corrected chi connectivity index (χ2v) is 7.87. The van der Waals surface area contributed by atoms with Crippen LogP contribution in [0.1, 0.15) is 11.1 Å². The van der Waals surface area contributed by atoms with Gasteiger partial charge in [0.05, 0.1) is 17.5 Å². The Morgan fingerprint density at radius 3 is 2.83 bits per heavy atom. The predicted molar refractivity (Wildman–Crippen MR) is 117 cm³/mol. The van der Waals surface area contributed by atoms with Gasteiger partial charge in [0.1, 0.15) is 5.75 Å². The number of para-hydroxylation sites is 1. The number of nitrogens with zero attached hydrogens (tertiary/aromatic N) is 4. The number of aromatic nitrogens is 4. The fourth-order valence-corrected chi connectivity index (χ4v) is 4.03. The number of hydrogen-bond acceptors (Lipinski definition) is 5. The fourth-order valence-electron chi connectivity index (χ4n) is 3.27. The Morgan fingerprint density at radius 2 is 2.00 bits per heavy atom. The quantitative estimate of drug-likeness (QED) is 0.264. The van der Waals surface area contributed by atoms with Crippen molar-refractivity contribution in [3.8, 4) is 5.75 Å². The van der Waals surface area contributed by atoms with Crippen LogP contribution >= 0.6 is 11.8 Å². The van der Waals surface area contributed by atoms with E-state index in [2.05, 4.69) is 35.8 Å². The molecule has 4 aromatic rings. The maximum atomic E-state index is 12.8. The van der Waals surface area contributed by atoms with Crippen molar-refractivity contribution < 1.29 is 4.74 Å². The SMILES string of the molecule is C=CCn1c(=O)c2ccccc2n2c(SCCOc3cc(C)ccc3C)nnc12. The summed E-state index contributed by atoms with van der Waals surface area (Å²) in [6, 6.07) is 13.7. The van der Waals surface area contributed by atoms with Crippen LogP contribution in [0.5, 0.6) is 5.75 Å². The van der Waals surface area contributed by atoms with Crippen molar-refractivity contribution in [2.45, 2.75) is 25.5 Å². The van der Waals surface area contributed by atoms with E-state index in [4.69, 9.17) is 4.74 Å². The zero-order valence-electron chi connectivity index (χ0n) is 16.5. The highest BCUT2D eigenvalue weighted by atomic mass is 32.2. The molecule has 29 heavy (non-hydrogen) atoms. The Labute approximate surface area is 172 Å². The number of ether oxygens (including phenoxy) is 1. The minimum atomic E-state index is -0.0878. The van der Waals surface area contributed by atoms with E-state index in [1.807, 2.05) is 41.7 Å². The van der Waals surface area contributed by atoms with Crippen LogP contribution in [0.2, 0.25) is 0 Å². The molecule has 2 heterocycles. The molecule has 148 valence electrons. The summed E-state index contributed by atoms with van der Waals surface area (Å²) in [5.41, 5.74) is 3.01. The summed E-state index contributed by atoms with van der Waals surface area (Å²) < 4.78 is 9.48. The standard InChI is InChI=1S/C22H22N4O2S/c1-4-11-25-20(27)17-7-5-6-8-18(17)26-21(25)23-24-22(26)29-13-12-28-19-14-15(2)9-10-16(19)3/h4-10,14H,1,11-13H2,2-3H3. The minimum absolute atomic E-state index is 0.0878. The van der Waals surface area contributed by atoms with Crippen LogP contribution < -0.4 is 10.3 Å². The lowest BCUT2D eigenvalue weighted by molar-refractivity contribution is 0.341. The summed E-state index contributed by atoms with van der Waals surface area (Å²) >= 11 is 1.56. The first-order valence-electron chi connectivity index (χ1n) is 9.40. The maximum absolute atomic E-state index is 12.8. The van der Waals surface area contributed by atoms with Crippen LogP contribution in [-0.2, 0) is 6.54 Å². The molecule has 4 rings (SSSR count). The van der Waals surface area contributed by atoms with Gasteiger partial charge in [-0.05, 0) is 43.2 Å². The normalized spacial score (nSPS) is 11.2. The summed E-state index contributed by atoms with van der Waals surface area (Å²) in [4.78, 5) is 12.8. The summed E-state index contributed by atoms with van der Waals surface area (Å²) in [7, 11) is 0. The lowest BCUT2D eigenvalue weighted by Crippen LogP contribution is -2.22. The Balaban J connectivity index is 1.62. The Hall–Kier alpha value is -3.06. The summed E-state index contributed by atoms with van der Waals surface area (Å²) in [5.74, 6) is 2.14. The zero-order valence-corrected chi connectivity index (χ0v) is 17.3. The highest BCUT2D eigenvalue weighted by Crippen LogP contribution is 2.23. The minimum Gasteiger partial charge on any atom is -0.492 e. The first kappa shape index (κ1) is 19.3. The number of fused-ring (bicyclic) bond motifs is 3. The monoisotopic (exact) mass is 406 g/mol. The molecule has 0 amide bonds. The Morgan fingerprint density at radius 1 is 1.17 bits per heavy atom. The zero-order chi connectivity index (χ0) is 20.4. The molecule has 0 bridgehead atoms. The van der Waals surface area contributed by atoms with Gasteiger partial charge in [-0.25, -0.2) is 0 Å². The van der Waals surface area contributed by atoms with E-state index < -0.39 is 0 Å². The van der Waals surface area contributed by atoms with Crippen molar-refractivity contribution in [3.63, 3.8) is 0 Å². The topological polar surface area (TPSA) is 61.4 Å². The second kappa shape index (κ2) is 8.13. The van der Waals surface area contributed by atoms with E-state index in [0.29, 0.717) is 30.1 Å². The van der Waals surface area contributed by atoms with E-state index >= 15 is 0 Å². The molecule has 2 aromatic heterocycles. The first-order chi connectivity index (χ1) is 14.1. The third-order valence-corrected chi connectivity index (χ3v) is 5.60. The molecule has 0 fully saturated rings. The predicted octanol–water partition coefficient (Wildman–Crippen LogP) is 4.02. The lowest BCUT2D eigenvalue weighted by atomic mass is 10.1. The van der Waals surface area contributed by atoms with Crippen molar-refractivity contribution in [2.75, 3.05) is 12.4 Å². The third-order valence-electron chi connectivity index (χ3n) is 4.71. The molecule has 2 aromatic carbocycles. The van der Waals surface area contributed by atoms with Crippen molar-refractivity contribution >= 4 is 28.4 Å². The number of hydrogen-bond donors (Lipinski definition) is 0. The van der Waals surface area contributed by atoms with Gasteiger partial charge >= 0.3 is 0 Å². The van der Waals surface area contributed by atoms with Crippen LogP contribution in [0.4, 0.5) is 0 Å². The van der Waals surface area contributed by atoms with Gasteiger partial charge in [-0.3, -0.25) is 13.8 Å². The number of rotatable bonds is 7. The van der Waals surface area contributed by atoms with Gasteiger partial charge in [0, 0.05) is 12.3 Å². The van der Waals surface area contributed by atoms with E-state index in [0.717, 1.165) is 22.0 Å². The van der Waals surface area contributed by atoms with Crippen molar-refractivity contribution in [1.29, 1.82) is 0 Å². The van der Waals surface area contributed by atoms with Crippen LogP contribution in [0, 0.1) is 13.8 Å². The van der Waals surface area contributed by atoms with Gasteiger partial charge in [-0.1, -0.05) is 42.1 Å². The van der Waals surface area contributed by atoms with E-state index in [1.165, 1.54) is 5.56 Å². The molecular formula is C22H22N4O2S. The third kappa shape index (κ3) is 3.65. The largest absolute Gasteiger partial charge is 0.492 e. The highest BCUT2D eigenvalue weighted by molar-refractivity contribution is 7.99. The van der Waals surface area contributed by atoms with Gasteiger partial charge in [-0.15, -0.1) is 16.8 Å². The van der Waals surface area contributed by atoms with E-state index in [-0.39, 0.29) is 5.56 Å². The van der Waals surface area contributed by atoms with Crippen LogP contribution in [0.25, 0.3) is 16.7 Å². The second-order valence-electron chi connectivity index (χ2n) is 6.81. The molecule has 0 spiro atoms. The van der Waals surface area contributed by atoms with Crippen molar-refractivity contribution in [1.82, 2.24) is 19.2 Å². The van der Waals surface area contributed by atoms with Gasteiger partial charge in [0.25, 0.3) is 5.56 Å². The smallest absolute Gasteiger partial charge is 0.263 e. The molecular weight excluding hydrogens is 384 g/mol. The molecule has 0 saturated heterocycles. The molecule has 0 aliphatic heterocycles. The lowest BCUT2D eigenvalue weighted by Gasteiger charge is -2.11. The first-order valence-corrected chi connectivity index (χ1v) is 10.4. The van der Waals surface area contributed by atoms with Crippen molar-refractivity contribution in [2.24, 2.45) is 0 Å². The molecule has 0 N–H and O–H groups in total. The number of allylic oxidation sites excluding steroid dienone is 1. The van der Waals surface area contributed by atoms with Gasteiger partial charge in [0.2, 0.25) is 5.78 Å². The Kier molecular flexibility index (Phi) is 5.40. The fraction of sp³-hybridized carbons (Fsp3) is 0.227. The van der Waals surface area contributed by atoms with Crippen LogP contribution in [-0.4, -0.2) is 31.5 Å². The van der Waals surface area contributed by atoms with Crippen LogP contribution in [0.3, 0.4) is 0 Å². The van der Waals surface area contributed by atoms with Gasteiger partial charge in [-0.2, -0.15) is 0 Å². The average molecular weight is 407 g/mol. The molecule has 0 saturated carbocycles. The van der Waals surface area contributed by atoms with E-state index in [1.54, 1.807) is 22.4 Å². The maximum Gasteiger partial charge on any atom is 0.263 e. The summed E-state index contributed by atoms with van der Waals surface area (Å²) in [6.07, 6.45) is 1.69. The summed E-state index contributed by atoms with van der Waals surface area (Å²) in [6.45, 7) is 8.78. The number of benzene rings is 2. The van der Waals surface area contributed by atoms with E-state index in [9.17, 15) is 4.79 Å². The molecule has 0 radical (unpaired) electrons. The molecule has 0 atom stereocenters.